The van der Waals surface area contributed by atoms with Gasteiger partial charge < -0.3 is 16.4 Å². The molecule has 1 aliphatic rings. The van der Waals surface area contributed by atoms with E-state index in [0.717, 1.165) is 31.7 Å². The van der Waals surface area contributed by atoms with Crippen molar-refractivity contribution in [2.45, 2.75) is 45.8 Å². The van der Waals surface area contributed by atoms with Crippen molar-refractivity contribution in [2.24, 2.45) is 11.7 Å². The Morgan fingerprint density at radius 3 is 2.71 bits per heavy atom. The molecule has 1 aliphatic heterocycles. The number of nitrogens with zero attached hydrogens (tertiary/aromatic N) is 2. The maximum absolute atomic E-state index is 12.6. The van der Waals surface area contributed by atoms with Crippen molar-refractivity contribution in [3.8, 4) is 0 Å². The van der Waals surface area contributed by atoms with Crippen molar-refractivity contribution in [1.82, 2.24) is 15.2 Å². The standard InChI is InChI=1S/C20H27N5O2S/c1-13(2)10-16(22-19(21)27)18(26)24-20-23-15-8-9-25(12-17(15)28-20)11-14-6-4-3-5-7-14/h3-7,13,16H,8-12H2,1-2H3,(H3,21,22,27)(H,23,24,26)/t16-/m0/s1. The van der Waals surface area contributed by atoms with Gasteiger partial charge in [-0.15, -0.1) is 11.3 Å². The fourth-order valence-electron chi connectivity index (χ4n) is 3.35. The van der Waals surface area contributed by atoms with Gasteiger partial charge in [-0.05, 0) is 17.9 Å². The summed E-state index contributed by atoms with van der Waals surface area (Å²) in [6.07, 6.45) is 1.38. The third-order valence-corrected chi connectivity index (χ3v) is 5.63. The number of nitrogens with one attached hydrogen (secondary N) is 2. The van der Waals surface area contributed by atoms with Crippen LogP contribution in [0.15, 0.2) is 30.3 Å². The Morgan fingerprint density at radius 2 is 2.04 bits per heavy atom. The van der Waals surface area contributed by atoms with Crippen molar-refractivity contribution < 1.29 is 9.59 Å². The number of rotatable bonds is 7. The van der Waals surface area contributed by atoms with E-state index in [1.165, 1.54) is 21.8 Å². The predicted molar refractivity (Wildman–Crippen MR) is 111 cm³/mol. The highest BCUT2D eigenvalue weighted by molar-refractivity contribution is 7.15. The van der Waals surface area contributed by atoms with Gasteiger partial charge in [-0.25, -0.2) is 9.78 Å². The van der Waals surface area contributed by atoms with Crippen LogP contribution in [0.1, 0.15) is 36.4 Å². The molecule has 0 aliphatic carbocycles. The van der Waals surface area contributed by atoms with Crippen LogP contribution in [-0.2, 0) is 24.3 Å². The first kappa shape index (κ1) is 20.3. The molecule has 0 spiro atoms. The number of benzene rings is 1. The molecule has 0 bridgehead atoms. The number of fused-ring (bicyclic) bond motifs is 1. The fourth-order valence-corrected chi connectivity index (χ4v) is 4.40. The van der Waals surface area contributed by atoms with Gasteiger partial charge in [0.05, 0.1) is 5.69 Å². The highest BCUT2D eigenvalue weighted by atomic mass is 32.1. The minimum absolute atomic E-state index is 0.249. The number of hydrogen-bond acceptors (Lipinski definition) is 5. The van der Waals surface area contributed by atoms with Gasteiger partial charge in [-0.3, -0.25) is 9.69 Å². The first-order valence-electron chi connectivity index (χ1n) is 9.52. The number of aromatic nitrogens is 1. The second-order valence-corrected chi connectivity index (χ2v) is 8.60. The molecule has 0 unspecified atom stereocenters. The Labute approximate surface area is 169 Å². The number of primary amides is 1. The SMILES string of the molecule is CC(C)C[C@H](NC(N)=O)C(=O)Nc1nc2c(s1)CN(Cc1ccccc1)CC2. The smallest absolute Gasteiger partial charge is 0.312 e. The van der Waals surface area contributed by atoms with E-state index in [4.69, 9.17) is 5.73 Å². The Bertz CT molecular complexity index is 821. The van der Waals surface area contributed by atoms with Gasteiger partial charge in [-0.1, -0.05) is 44.2 Å². The lowest BCUT2D eigenvalue weighted by Crippen LogP contribution is -2.46. The maximum Gasteiger partial charge on any atom is 0.312 e. The van der Waals surface area contributed by atoms with Crippen molar-refractivity contribution in [1.29, 1.82) is 0 Å². The molecule has 1 atom stereocenters. The van der Waals surface area contributed by atoms with Crippen LogP contribution in [0.25, 0.3) is 0 Å². The molecular weight excluding hydrogens is 374 g/mol. The Kier molecular flexibility index (Phi) is 6.64. The molecule has 0 radical (unpaired) electrons. The Morgan fingerprint density at radius 1 is 1.29 bits per heavy atom. The highest BCUT2D eigenvalue weighted by Crippen LogP contribution is 2.29. The van der Waals surface area contributed by atoms with E-state index in [1.807, 2.05) is 19.9 Å². The molecule has 28 heavy (non-hydrogen) atoms. The second kappa shape index (κ2) is 9.16. The lowest BCUT2D eigenvalue weighted by molar-refractivity contribution is -0.118. The van der Waals surface area contributed by atoms with Gasteiger partial charge in [0.1, 0.15) is 6.04 Å². The number of nitrogens with two attached hydrogens (primary N) is 1. The molecule has 4 N–H and O–H groups in total. The summed E-state index contributed by atoms with van der Waals surface area (Å²) in [7, 11) is 0. The third-order valence-electron chi connectivity index (χ3n) is 4.63. The summed E-state index contributed by atoms with van der Waals surface area (Å²) in [6, 6.07) is 9.04. The summed E-state index contributed by atoms with van der Waals surface area (Å²) >= 11 is 1.50. The van der Waals surface area contributed by atoms with Crippen LogP contribution in [-0.4, -0.2) is 34.4 Å². The van der Waals surface area contributed by atoms with E-state index < -0.39 is 12.1 Å². The quantitative estimate of drug-likeness (QED) is 0.664. The summed E-state index contributed by atoms with van der Waals surface area (Å²) in [5.41, 5.74) is 7.55. The van der Waals surface area contributed by atoms with Crippen LogP contribution >= 0.6 is 11.3 Å². The van der Waals surface area contributed by atoms with Gasteiger partial charge in [0.15, 0.2) is 5.13 Å². The van der Waals surface area contributed by atoms with Gasteiger partial charge in [0.25, 0.3) is 0 Å². The largest absolute Gasteiger partial charge is 0.352 e. The number of carbonyl (C=O) groups excluding carboxylic acids is 2. The van der Waals surface area contributed by atoms with Crippen LogP contribution in [0, 0.1) is 5.92 Å². The van der Waals surface area contributed by atoms with Crippen molar-refractivity contribution in [3.63, 3.8) is 0 Å². The first-order valence-corrected chi connectivity index (χ1v) is 10.3. The molecule has 7 nitrogen and oxygen atoms in total. The van der Waals surface area contributed by atoms with Crippen LogP contribution in [0.5, 0.6) is 0 Å². The van der Waals surface area contributed by atoms with Gasteiger partial charge in [0, 0.05) is 30.9 Å². The number of amides is 3. The van der Waals surface area contributed by atoms with Crippen molar-refractivity contribution >= 4 is 28.4 Å². The molecule has 0 saturated heterocycles. The van der Waals surface area contributed by atoms with E-state index in [-0.39, 0.29) is 11.8 Å². The van der Waals surface area contributed by atoms with E-state index in [2.05, 4.69) is 44.8 Å². The third kappa shape index (κ3) is 5.53. The summed E-state index contributed by atoms with van der Waals surface area (Å²) < 4.78 is 0. The van der Waals surface area contributed by atoms with Crippen molar-refractivity contribution in [2.75, 3.05) is 11.9 Å². The van der Waals surface area contributed by atoms with E-state index in [1.54, 1.807) is 0 Å². The van der Waals surface area contributed by atoms with Crippen LogP contribution < -0.4 is 16.4 Å². The molecule has 2 aromatic rings. The van der Waals surface area contributed by atoms with Gasteiger partial charge in [0.2, 0.25) is 5.91 Å². The average Bonchev–Trinajstić information content (AvgIpc) is 3.02. The highest BCUT2D eigenvalue weighted by Gasteiger charge is 2.25. The average molecular weight is 402 g/mol. The van der Waals surface area contributed by atoms with E-state index in [0.29, 0.717) is 11.6 Å². The number of urea groups is 1. The number of anilines is 1. The molecule has 8 heteroatoms. The monoisotopic (exact) mass is 401 g/mol. The topological polar surface area (TPSA) is 100 Å². The minimum Gasteiger partial charge on any atom is -0.352 e. The zero-order valence-corrected chi connectivity index (χ0v) is 17.1. The summed E-state index contributed by atoms with van der Waals surface area (Å²) in [6.45, 7) is 6.66. The van der Waals surface area contributed by atoms with Crippen LogP contribution in [0.4, 0.5) is 9.93 Å². The molecule has 1 aromatic carbocycles. The second-order valence-electron chi connectivity index (χ2n) is 7.52. The van der Waals surface area contributed by atoms with E-state index in [9.17, 15) is 9.59 Å². The van der Waals surface area contributed by atoms with Crippen molar-refractivity contribution in [3.05, 3.63) is 46.5 Å². The molecule has 0 fully saturated rings. The van der Waals surface area contributed by atoms with Gasteiger partial charge >= 0.3 is 6.03 Å². The lowest BCUT2D eigenvalue weighted by Gasteiger charge is -2.25. The molecular formula is C20H27N5O2S. The molecule has 3 amide bonds. The van der Waals surface area contributed by atoms with Gasteiger partial charge in [-0.2, -0.15) is 0 Å². The lowest BCUT2D eigenvalue weighted by atomic mass is 10.0. The summed E-state index contributed by atoms with van der Waals surface area (Å²) in [5.74, 6) is -0.0293. The zero-order valence-electron chi connectivity index (χ0n) is 16.3. The number of carbonyl (C=O) groups is 2. The van der Waals surface area contributed by atoms with E-state index >= 15 is 0 Å². The molecule has 0 saturated carbocycles. The molecule has 150 valence electrons. The Balaban J connectivity index is 1.63. The number of thiazole rings is 1. The minimum atomic E-state index is -0.698. The maximum atomic E-state index is 12.6. The summed E-state index contributed by atoms with van der Waals surface area (Å²) in [5, 5.41) is 5.96. The first-order chi connectivity index (χ1) is 13.4. The normalized spacial score (nSPS) is 15.1. The number of hydrogen-bond donors (Lipinski definition) is 3. The summed E-state index contributed by atoms with van der Waals surface area (Å²) in [4.78, 5) is 31.9. The fraction of sp³-hybridized carbons (Fsp3) is 0.450. The van der Waals surface area contributed by atoms with Crippen LogP contribution in [0.3, 0.4) is 0 Å². The predicted octanol–water partition coefficient (Wildman–Crippen LogP) is 2.72. The van der Waals surface area contributed by atoms with Crippen LogP contribution in [0.2, 0.25) is 0 Å². The Hall–Kier alpha value is -2.45. The molecule has 1 aromatic heterocycles. The zero-order chi connectivity index (χ0) is 20.1. The molecule has 2 heterocycles. The molecule has 3 rings (SSSR count).